The molecule has 20 heavy (non-hydrogen) atoms. The molecule has 0 unspecified atom stereocenters. The lowest BCUT2D eigenvalue weighted by atomic mass is 10.2. The highest BCUT2D eigenvalue weighted by Gasteiger charge is 2.11. The van der Waals surface area contributed by atoms with Crippen molar-refractivity contribution in [3.05, 3.63) is 57.9 Å². The molecule has 0 aliphatic heterocycles. The molecule has 4 nitrogen and oxygen atoms in total. The standard InChI is InChI=1S/C14H9BrClN3O/c15-9-5-12(18-7-9)14(20)19-11-6-10(16)4-8-2-1-3-17-13(8)11/h1-7,18H,(H,19,20). The number of amides is 1. The Labute approximate surface area is 128 Å². The van der Waals surface area contributed by atoms with Gasteiger partial charge in [0.15, 0.2) is 0 Å². The number of hydrogen-bond donors (Lipinski definition) is 2. The Bertz CT molecular complexity index is 800. The summed E-state index contributed by atoms with van der Waals surface area (Å²) >= 11 is 9.36. The Morgan fingerprint density at radius 1 is 1.35 bits per heavy atom. The van der Waals surface area contributed by atoms with E-state index in [0.29, 0.717) is 21.9 Å². The maximum Gasteiger partial charge on any atom is 0.272 e. The van der Waals surface area contributed by atoms with Crippen LogP contribution < -0.4 is 5.32 Å². The first-order chi connectivity index (χ1) is 9.63. The van der Waals surface area contributed by atoms with E-state index in [1.54, 1.807) is 24.5 Å². The zero-order valence-corrected chi connectivity index (χ0v) is 12.5. The summed E-state index contributed by atoms with van der Waals surface area (Å²) in [6, 6.07) is 8.93. The fourth-order valence-corrected chi connectivity index (χ4v) is 2.51. The second-order valence-corrected chi connectivity index (χ2v) is 5.57. The Morgan fingerprint density at radius 2 is 2.20 bits per heavy atom. The van der Waals surface area contributed by atoms with E-state index < -0.39 is 0 Å². The van der Waals surface area contributed by atoms with Gasteiger partial charge < -0.3 is 10.3 Å². The van der Waals surface area contributed by atoms with Crippen LogP contribution in [0.5, 0.6) is 0 Å². The Balaban J connectivity index is 2.00. The highest BCUT2D eigenvalue weighted by molar-refractivity contribution is 9.10. The highest BCUT2D eigenvalue weighted by atomic mass is 79.9. The van der Waals surface area contributed by atoms with Crippen molar-refractivity contribution in [2.45, 2.75) is 0 Å². The lowest BCUT2D eigenvalue weighted by Gasteiger charge is -2.08. The van der Waals surface area contributed by atoms with Crippen molar-refractivity contribution in [2.24, 2.45) is 0 Å². The molecule has 0 saturated carbocycles. The maximum atomic E-state index is 12.1. The van der Waals surface area contributed by atoms with Crippen LogP contribution in [0.1, 0.15) is 10.5 Å². The van der Waals surface area contributed by atoms with Crippen LogP contribution >= 0.6 is 27.5 Å². The quantitative estimate of drug-likeness (QED) is 0.726. The summed E-state index contributed by atoms with van der Waals surface area (Å²) in [5.41, 5.74) is 1.75. The van der Waals surface area contributed by atoms with E-state index in [1.165, 1.54) is 0 Å². The summed E-state index contributed by atoms with van der Waals surface area (Å²) in [5, 5.41) is 4.24. The number of fused-ring (bicyclic) bond motifs is 1. The van der Waals surface area contributed by atoms with Gasteiger partial charge in [0, 0.05) is 27.3 Å². The minimum Gasteiger partial charge on any atom is -0.356 e. The molecule has 2 N–H and O–H groups in total. The van der Waals surface area contributed by atoms with E-state index >= 15 is 0 Å². The lowest BCUT2D eigenvalue weighted by molar-refractivity contribution is 0.102. The van der Waals surface area contributed by atoms with Crippen molar-refractivity contribution < 1.29 is 4.79 Å². The number of carbonyl (C=O) groups excluding carboxylic acids is 1. The number of nitrogens with one attached hydrogen (secondary N) is 2. The van der Waals surface area contributed by atoms with Gasteiger partial charge >= 0.3 is 0 Å². The Morgan fingerprint density at radius 3 is 2.95 bits per heavy atom. The van der Waals surface area contributed by atoms with Gasteiger partial charge in [-0.1, -0.05) is 17.7 Å². The molecule has 0 aliphatic carbocycles. The average molecular weight is 351 g/mol. The largest absolute Gasteiger partial charge is 0.356 e. The van der Waals surface area contributed by atoms with Crippen LogP contribution in [0.25, 0.3) is 10.9 Å². The second-order valence-electron chi connectivity index (χ2n) is 4.21. The van der Waals surface area contributed by atoms with Crippen LogP contribution in [0.4, 0.5) is 5.69 Å². The molecular formula is C14H9BrClN3O. The van der Waals surface area contributed by atoms with E-state index in [-0.39, 0.29) is 5.91 Å². The molecule has 0 radical (unpaired) electrons. The molecule has 0 aliphatic rings. The van der Waals surface area contributed by atoms with E-state index in [1.807, 2.05) is 18.2 Å². The van der Waals surface area contributed by atoms with Crippen LogP contribution in [0.3, 0.4) is 0 Å². The number of anilines is 1. The number of pyridine rings is 1. The number of nitrogens with zero attached hydrogens (tertiary/aromatic N) is 1. The number of hydrogen-bond acceptors (Lipinski definition) is 2. The molecule has 1 amide bonds. The topological polar surface area (TPSA) is 57.8 Å². The van der Waals surface area contributed by atoms with Gasteiger partial charge in [-0.25, -0.2) is 0 Å². The van der Waals surface area contributed by atoms with Gasteiger partial charge in [0.2, 0.25) is 0 Å². The van der Waals surface area contributed by atoms with Crippen LogP contribution in [0.2, 0.25) is 5.02 Å². The summed E-state index contributed by atoms with van der Waals surface area (Å²) < 4.78 is 0.816. The molecule has 1 aromatic carbocycles. The van der Waals surface area contributed by atoms with Gasteiger partial charge in [0.1, 0.15) is 5.69 Å². The van der Waals surface area contributed by atoms with Crippen molar-refractivity contribution in [2.75, 3.05) is 5.32 Å². The zero-order chi connectivity index (χ0) is 14.1. The predicted molar refractivity (Wildman–Crippen MR) is 83.2 cm³/mol. The number of aromatic nitrogens is 2. The Hall–Kier alpha value is -1.85. The van der Waals surface area contributed by atoms with Gasteiger partial charge in [0.05, 0.1) is 11.2 Å². The molecule has 0 fully saturated rings. The van der Waals surface area contributed by atoms with Crippen molar-refractivity contribution in [1.82, 2.24) is 9.97 Å². The number of carbonyl (C=O) groups is 1. The number of rotatable bonds is 2. The molecule has 0 spiro atoms. The second kappa shape index (κ2) is 5.26. The SMILES string of the molecule is O=C(Nc1cc(Cl)cc2cccnc12)c1cc(Br)c[nH]1. The summed E-state index contributed by atoms with van der Waals surface area (Å²) in [7, 11) is 0. The smallest absolute Gasteiger partial charge is 0.272 e. The van der Waals surface area contributed by atoms with Gasteiger partial charge in [0.25, 0.3) is 5.91 Å². The third kappa shape index (κ3) is 2.55. The minimum absolute atomic E-state index is 0.245. The number of aromatic amines is 1. The van der Waals surface area contributed by atoms with E-state index in [0.717, 1.165) is 9.86 Å². The number of H-pyrrole nitrogens is 1. The van der Waals surface area contributed by atoms with Gasteiger partial charge in [-0.3, -0.25) is 9.78 Å². The molecule has 2 heterocycles. The van der Waals surface area contributed by atoms with Crippen molar-refractivity contribution in [1.29, 1.82) is 0 Å². The summed E-state index contributed by atoms with van der Waals surface area (Å²) in [5.74, 6) is -0.245. The molecule has 3 aromatic rings. The van der Waals surface area contributed by atoms with Gasteiger partial charge in [-0.05, 0) is 40.2 Å². The molecule has 0 atom stereocenters. The Kier molecular flexibility index (Phi) is 3.46. The zero-order valence-electron chi connectivity index (χ0n) is 10.2. The predicted octanol–water partition coefficient (Wildman–Crippen LogP) is 4.23. The van der Waals surface area contributed by atoms with Gasteiger partial charge in [-0.15, -0.1) is 0 Å². The maximum absolute atomic E-state index is 12.1. The van der Waals surface area contributed by atoms with E-state index in [4.69, 9.17) is 11.6 Å². The van der Waals surface area contributed by atoms with Crippen LogP contribution in [-0.2, 0) is 0 Å². The fourth-order valence-electron chi connectivity index (χ4n) is 1.94. The van der Waals surface area contributed by atoms with Crippen LogP contribution in [0, 0.1) is 0 Å². The fraction of sp³-hybridized carbons (Fsp3) is 0. The molecule has 0 bridgehead atoms. The summed E-state index contributed by atoms with van der Waals surface area (Å²) in [6.45, 7) is 0. The van der Waals surface area contributed by atoms with Crippen molar-refractivity contribution >= 4 is 50.0 Å². The van der Waals surface area contributed by atoms with Crippen molar-refractivity contribution in [3.63, 3.8) is 0 Å². The first-order valence-electron chi connectivity index (χ1n) is 5.83. The minimum atomic E-state index is -0.245. The molecule has 3 rings (SSSR count). The molecule has 2 aromatic heterocycles. The number of benzene rings is 1. The molecule has 6 heteroatoms. The van der Waals surface area contributed by atoms with Crippen LogP contribution in [0.15, 0.2) is 47.2 Å². The lowest BCUT2D eigenvalue weighted by Crippen LogP contribution is -2.12. The van der Waals surface area contributed by atoms with E-state index in [9.17, 15) is 4.79 Å². The van der Waals surface area contributed by atoms with Crippen molar-refractivity contribution in [3.8, 4) is 0 Å². The summed E-state index contributed by atoms with van der Waals surface area (Å²) in [6.07, 6.45) is 3.38. The normalized spacial score (nSPS) is 10.7. The first kappa shape index (κ1) is 13.1. The van der Waals surface area contributed by atoms with Crippen LogP contribution in [-0.4, -0.2) is 15.9 Å². The molecule has 0 saturated heterocycles. The molecule has 100 valence electrons. The van der Waals surface area contributed by atoms with Gasteiger partial charge in [-0.2, -0.15) is 0 Å². The third-order valence-corrected chi connectivity index (χ3v) is 3.49. The highest BCUT2D eigenvalue weighted by Crippen LogP contribution is 2.26. The summed E-state index contributed by atoms with van der Waals surface area (Å²) in [4.78, 5) is 19.3. The monoisotopic (exact) mass is 349 g/mol. The first-order valence-corrected chi connectivity index (χ1v) is 7.00. The third-order valence-electron chi connectivity index (χ3n) is 2.81. The number of halogens is 2. The average Bonchev–Trinajstić information content (AvgIpc) is 2.85. The molecular weight excluding hydrogens is 342 g/mol. The van der Waals surface area contributed by atoms with E-state index in [2.05, 4.69) is 31.2 Å².